The largest absolute Gasteiger partial charge is 0.356 e. The van der Waals surface area contributed by atoms with Gasteiger partial charge in [-0.2, -0.15) is 0 Å². The molecule has 0 bridgehead atoms. The predicted molar refractivity (Wildman–Crippen MR) is 73.9 cm³/mol. The highest BCUT2D eigenvalue weighted by molar-refractivity contribution is 5.74. The molecule has 3 nitrogen and oxygen atoms in total. The second-order valence-corrected chi connectivity index (χ2v) is 3.84. The molecule has 0 aliphatic heterocycles. The Labute approximate surface area is 107 Å². The van der Waals surface area contributed by atoms with Gasteiger partial charge in [0.1, 0.15) is 6.29 Å². The van der Waals surface area contributed by atoms with Gasteiger partial charge in [-0.15, -0.1) is 0 Å². The molecule has 0 unspecified atom stereocenters. The van der Waals surface area contributed by atoms with Gasteiger partial charge >= 0.3 is 0 Å². The maximum atomic E-state index is 10.6. The van der Waals surface area contributed by atoms with Crippen LogP contribution in [0, 0.1) is 0 Å². The monoisotopic (exact) mass is 243 g/mol. The first-order chi connectivity index (χ1) is 8.72. The van der Waals surface area contributed by atoms with E-state index in [1.54, 1.807) is 6.08 Å². The molecule has 1 aromatic carbocycles. The van der Waals surface area contributed by atoms with Gasteiger partial charge in [-0.05, 0) is 23.6 Å². The lowest BCUT2D eigenvalue weighted by atomic mass is 10.1. The fourth-order valence-corrected chi connectivity index (χ4v) is 1.42. The lowest BCUT2D eigenvalue weighted by molar-refractivity contribution is -0.118. The maximum absolute atomic E-state index is 10.6. The fourth-order valence-electron chi connectivity index (χ4n) is 1.42. The molecule has 1 rings (SSSR count). The molecule has 0 aliphatic carbocycles. The zero-order valence-corrected chi connectivity index (χ0v) is 10.4. The number of carbonyl (C=O) groups excluding carboxylic acids is 2. The first-order valence-electron chi connectivity index (χ1n) is 5.85. The van der Waals surface area contributed by atoms with Gasteiger partial charge in [0.25, 0.3) is 0 Å². The van der Waals surface area contributed by atoms with E-state index in [-0.39, 0.29) is 5.91 Å². The van der Waals surface area contributed by atoms with Crippen LogP contribution in [0.4, 0.5) is 0 Å². The van der Waals surface area contributed by atoms with Crippen LogP contribution >= 0.6 is 0 Å². The lowest BCUT2D eigenvalue weighted by Gasteiger charge is -1.98. The Hall–Kier alpha value is -2.16. The van der Waals surface area contributed by atoms with Crippen molar-refractivity contribution >= 4 is 24.3 Å². The molecule has 0 aliphatic rings. The number of amides is 1. The summed E-state index contributed by atoms with van der Waals surface area (Å²) in [6.07, 6.45) is 8.83. The van der Waals surface area contributed by atoms with Crippen molar-refractivity contribution in [3.05, 3.63) is 47.5 Å². The van der Waals surface area contributed by atoms with Crippen molar-refractivity contribution in [1.82, 2.24) is 5.32 Å². The van der Waals surface area contributed by atoms with E-state index in [4.69, 9.17) is 0 Å². The van der Waals surface area contributed by atoms with E-state index in [1.165, 1.54) is 13.0 Å². The predicted octanol–water partition coefficient (Wildman–Crippen LogP) is 2.44. The van der Waals surface area contributed by atoms with Gasteiger partial charge in [0.15, 0.2) is 0 Å². The summed E-state index contributed by atoms with van der Waals surface area (Å²) in [7, 11) is 0. The van der Waals surface area contributed by atoms with Crippen molar-refractivity contribution < 1.29 is 9.59 Å². The number of nitrogens with one attached hydrogen (secondary N) is 1. The summed E-state index contributed by atoms with van der Waals surface area (Å²) < 4.78 is 0. The Balaban J connectivity index is 2.43. The Morgan fingerprint density at radius 2 is 1.78 bits per heavy atom. The van der Waals surface area contributed by atoms with Gasteiger partial charge < -0.3 is 5.32 Å². The highest BCUT2D eigenvalue weighted by Gasteiger charge is 1.89. The maximum Gasteiger partial charge on any atom is 0.216 e. The molecule has 1 aromatic rings. The molecule has 0 aromatic heterocycles. The third-order valence-electron chi connectivity index (χ3n) is 2.30. The topological polar surface area (TPSA) is 46.2 Å². The average molecular weight is 243 g/mol. The van der Waals surface area contributed by atoms with E-state index in [2.05, 4.69) is 5.32 Å². The van der Waals surface area contributed by atoms with E-state index in [9.17, 15) is 9.59 Å². The first-order valence-corrected chi connectivity index (χ1v) is 5.85. The molecule has 1 N–H and O–H groups in total. The molecule has 0 radical (unpaired) electrons. The van der Waals surface area contributed by atoms with E-state index < -0.39 is 0 Å². The quantitative estimate of drug-likeness (QED) is 0.474. The third kappa shape index (κ3) is 5.80. The number of carbonyl (C=O) groups is 2. The average Bonchev–Trinajstić information content (AvgIpc) is 2.37. The van der Waals surface area contributed by atoms with Gasteiger partial charge in [-0.1, -0.05) is 42.5 Å². The van der Waals surface area contributed by atoms with Crippen LogP contribution in [0.3, 0.4) is 0 Å². The Morgan fingerprint density at radius 3 is 2.33 bits per heavy atom. The number of hydrogen-bond donors (Lipinski definition) is 1. The number of rotatable bonds is 6. The molecule has 1 amide bonds. The summed E-state index contributed by atoms with van der Waals surface area (Å²) in [4.78, 5) is 20.8. The van der Waals surface area contributed by atoms with Gasteiger partial charge in [-0.25, -0.2) is 0 Å². The molecule has 94 valence electrons. The second kappa shape index (κ2) is 8.01. The molecule has 0 heterocycles. The molecule has 18 heavy (non-hydrogen) atoms. The Morgan fingerprint density at radius 1 is 1.17 bits per heavy atom. The van der Waals surface area contributed by atoms with E-state index >= 15 is 0 Å². The number of aldehydes is 1. The highest BCUT2D eigenvalue weighted by atomic mass is 16.1. The molecule has 0 atom stereocenters. The van der Waals surface area contributed by atoms with Crippen LogP contribution in [0.2, 0.25) is 0 Å². The van der Waals surface area contributed by atoms with Gasteiger partial charge in [0.2, 0.25) is 5.91 Å². The van der Waals surface area contributed by atoms with Crippen LogP contribution in [-0.4, -0.2) is 18.7 Å². The third-order valence-corrected chi connectivity index (χ3v) is 2.30. The summed E-state index contributed by atoms with van der Waals surface area (Å²) in [5.41, 5.74) is 2.10. The summed E-state index contributed by atoms with van der Waals surface area (Å²) in [6.45, 7) is 2.17. The van der Waals surface area contributed by atoms with Crippen molar-refractivity contribution in [2.75, 3.05) is 6.54 Å². The minimum Gasteiger partial charge on any atom is -0.356 e. The summed E-state index contributed by atoms with van der Waals surface area (Å²) in [5.74, 6) is -0.00489. The van der Waals surface area contributed by atoms with E-state index in [1.807, 2.05) is 36.4 Å². The highest BCUT2D eigenvalue weighted by Crippen LogP contribution is 2.07. The Bertz CT molecular complexity index is 444. The van der Waals surface area contributed by atoms with Gasteiger partial charge in [0.05, 0.1) is 0 Å². The van der Waals surface area contributed by atoms with Crippen molar-refractivity contribution in [3.63, 3.8) is 0 Å². The van der Waals surface area contributed by atoms with Crippen LogP contribution in [-0.2, 0) is 9.59 Å². The van der Waals surface area contributed by atoms with Crippen molar-refractivity contribution in [3.8, 4) is 0 Å². The number of hydrogen-bond acceptors (Lipinski definition) is 2. The molecule has 0 saturated heterocycles. The van der Waals surface area contributed by atoms with Crippen LogP contribution in [0.25, 0.3) is 12.2 Å². The Kier molecular flexibility index (Phi) is 6.19. The summed E-state index contributed by atoms with van der Waals surface area (Å²) in [5, 5.41) is 2.73. The number of benzene rings is 1. The smallest absolute Gasteiger partial charge is 0.216 e. The van der Waals surface area contributed by atoms with Crippen molar-refractivity contribution in [2.45, 2.75) is 13.3 Å². The molecule has 0 spiro atoms. The van der Waals surface area contributed by atoms with E-state index in [0.717, 1.165) is 23.8 Å². The minimum atomic E-state index is -0.00489. The molecule has 0 saturated carbocycles. The number of allylic oxidation sites excluding steroid dienone is 1. The fraction of sp³-hybridized carbons (Fsp3) is 0.200. The van der Waals surface area contributed by atoms with Crippen LogP contribution < -0.4 is 5.32 Å². The summed E-state index contributed by atoms with van der Waals surface area (Å²) >= 11 is 0. The van der Waals surface area contributed by atoms with Gasteiger partial charge in [-0.3, -0.25) is 9.59 Å². The van der Waals surface area contributed by atoms with Crippen LogP contribution in [0.5, 0.6) is 0 Å². The van der Waals surface area contributed by atoms with Crippen LogP contribution in [0.15, 0.2) is 36.4 Å². The zero-order chi connectivity index (χ0) is 13.2. The zero-order valence-electron chi connectivity index (χ0n) is 10.4. The molecule has 3 heteroatoms. The molecule has 0 fully saturated rings. The first kappa shape index (κ1) is 13.9. The minimum absolute atomic E-state index is 0.00489. The second-order valence-electron chi connectivity index (χ2n) is 3.84. The van der Waals surface area contributed by atoms with Crippen molar-refractivity contribution in [2.24, 2.45) is 0 Å². The summed E-state index contributed by atoms with van der Waals surface area (Å²) in [6, 6.07) is 7.87. The van der Waals surface area contributed by atoms with Gasteiger partial charge in [0, 0.05) is 13.5 Å². The molecular formula is C15H17NO2. The molecular weight excluding hydrogens is 226 g/mol. The van der Waals surface area contributed by atoms with E-state index in [0.29, 0.717) is 6.54 Å². The van der Waals surface area contributed by atoms with Crippen molar-refractivity contribution in [1.29, 1.82) is 0 Å². The van der Waals surface area contributed by atoms with Crippen LogP contribution in [0.1, 0.15) is 24.5 Å². The normalized spacial score (nSPS) is 10.9. The lowest BCUT2D eigenvalue weighted by Crippen LogP contribution is -2.20. The standard InChI is InChI=1S/C15H17NO2/c1-13(18)16-11-3-2-5-14-7-9-15(10-8-14)6-4-12-17/h2,4-10,12H,3,11H2,1H3,(H,16,18)/b5-2?,6-4+. The SMILES string of the molecule is CC(=O)NCCC=Cc1ccc(/C=C/C=O)cc1.